The summed E-state index contributed by atoms with van der Waals surface area (Å²) in [5.74, 6) is 0.934. The minimum atomic E-state index is -0.0243. The average molecular weight is 288 g/mol. The Kier molecular flexibility index (Phi) is 6.24. The van der Waals surface area contributed by atoms with Crippen LogP contribution in [0.3, 0.4) is 0 Å². The number of nitrogens with one attached hydrogen (secondary N) is 2. The summed E-state index contributed by atoms with van der Waals surface area (Å²) in [5, 5.41) is 6.31. The third-order valence-electron chi connectivity index (χ3n) is 4.58. The third kappa shape index (κ3) is 4.85. The van der Waals surface area contributed by atoms with Gasteiger partial charge in [-0.2, -0.15) is 0 Å². The molecule has 3 nitrogen and oxygen atoms in total. The lowest BCUT2D eigenvalue weighted by molar-refractivity contribution is 0.0963. The number of hydrogen-bond donors (Lipinski definition) is 2. The molecule has 2 N–H and O–H groups in total. The van der Waals surface area contributed by atoms with Gasteiger partial charge in [-0.15, -0.1) is 0 Å². The molecule has 0 atom stereocenters. The fourth-order valence-electron chi connectivity index (χ4n) is 3.24. The molecule has 0 unspecified atom stereocenters. The van der Waals surface area contributed by atoms with Crippen LogP contribution in [0.4, 0.5) is 0 Å². The molecule has 1 aromatic carbocycles. The lowest BCUT2D eigenvalue weighted by Gasteiger charge is -2.29. The predicted molar refractivity (Wildman–Crippen MR) is 87.3 cm³/mol. The Hall–Kier alpha value is -1.35. The molecule has 0 heterocycles. The van der Waals surface area contributed by atoms with Gasteiger partial charge in [-0.25, -0.2) is 0 Å². The normalized spacial score (nSPS) is 22.0. The van der Waals surface area contributed by atoms with Gasteiger partial charge in [0.15, 0.2) is 0 Å². The fourth-order valence-corrected chi connectivity index (χ4v) is 3.24. The third-order valence-corrected chi connectivity index (χ3v) is 4.58. The van der Waals surface area contributed by atoms with E-state index in [1.165, 1.54) is 44.1 Å². The molecule has 1 aliphatic carbocycles. The lowest BCUT2D eigenvalue weighted by Crippen LogP contribution is -2.32. The smallest absolute Gasteiger partial charge is 0.251 e. The zero-order valence-electron chi connectivity index (χ0n) is 13.3. The van der Waals surface area contributed by atoms with Crippen LogP contribution in [0.5, 0.6) is 0 Å². The number of benzene rings is 1. The summed E-state index contributed by atoms with van der Waals surface area (Å²) >= 11 is 0. The number of carbonyl (C=O) groups excluding carboxylic acids is 1. The first-order chi connectivity index (χ1) is 10.2. The van der Waals surface area contributed by atoms with E-state index in [2.05, 4.69) is 17.6 Å². The van der Waals surface area contributed by atoms with Crippen molar-refractivity contribution in [1.29, 1.82) is 0 Å². The highest BCUT2D eigenvalue weighted by Gasteiger charge is 2.19. The number of amides is 1. The standard InChI is InChI=1S/C18H28N2O/c1-3-4-14-7-11-17(12-8-14)20-13-15-5-9-16(10-6-15)18(21)19-2/h5-6,9-10,14,17,20H,3-4,7-8,11-13H2,1-2H3,(H,19,21). The maximum Gasteiger partial charge on any atom is 0.251 e. The second kappa shape index (κ2) is 8.18. The Morgan fingerprint density at radius 1 is 1.14 bits per heavy atom. The molecule has 3 heteroatoms. The van der Waals surface area contributed by atoms with Crippen LogP contribution in [-0.2, 0) is 6.54 Å². The fraction of sp³-hybridized carbons (Fsp3) is 0.611. The molecule has 0 radical (unpaired) electrons. The first-order valence-corrected chi connectivity index (χ1v) is 8.27. The maximum atomic E-state index is 11.5. The summed E-state index contributed by atoms with van der Waals surface area (Å²) in [6.07, 6.45) is 8.08. The van der Waals surface area contributed by atoms with E-state index >= 15 is 0 Å². The molecule has 0 aromatic heterocycles. The van der Waals surface area contributed by atoms with Crippen molar-refractivity contribution in [2.45, 2.75) is 58.0 Å². The van der Waals surface area contributed by atoms with Crippen molar-refractivity contribution in [3.05, 3.63) is 35.4 Å². The molecule has 0 bridgehead atoms. The molecule has 0 spiro atoms. The van der Waals surface area contributed by atoms with Gasteiger partial charge in [0.25, 0.3) is 5.91 Å². The van der Waals surface area contributed by atoms with E-state index in [1.807, 2.05) is 24.3 Å². The molecular weight excluding hydrogens is 260 g/mol. The summed E-state index contributed by atoms with van der Waals surface area (Å²) in [5.41, 5.74) is 1.97. The minimum absolute atomic E-state index is 0.0243. The summed E-state index contributed by atoms with van der Waals surface area (Å²) < 4.78 is 0. The van der Waals surface area contributed by atoms with Crippen molar-refractivity contribution in [3.8, 4) is 0 Å². The van der Waals surface area contributed by atoms with E-state index < -0.39 is 0 Å². The molecule has 1 saturated carbocycles. The molecule has 1 aliphatic rings. The summed E-state index contributed by atoms with van der Waals surface area (Å²) in [6, 6.07) is 8.54. The molecule has 0 aliphatic heterocycles. The van der Waals surface area contributed by atoms with Crippen LogP contribution in [0.1, 0.15) is 61.4 Å². The summed E-state index contributed by atoms with van der Waals surface area (Å²) in [7, 11) is 1.66. The van der Waals surface area contributed by atoms with Crippen molar-refractivity contribution < 1.29 is 4.79 Å². The van der Waals surface area contributed by atoms with Gasteiger partial charge in [0.1, 0.15) is 0 Å². The van der Waals surface area contributed by atoms with E-state index in [-0.39, 0.29) is 5.91 Å². The second-order valence-electron chi connectivity index (χ2n) is 6.16. The van der Waals surface area contributed by atoms with Crippen LogP contribution >= 0.6 is 0 Å². The van der Waals surface area contributed by atoms with E-state index in [9.17, 15) is 4.79 Å². The van der Waals surface area contributed by atoms with Gasteiger partial charge in [0.05, 0.1) is 0 Å². The van der Waals surface area contributed by atoms with Crippen LogP contribution in [0.25, 0.3) is 0 Å². The summed E-state index contributed by atoms with van der Waals surface area (Å²) in [4.78, 5) is 11.5. The monoisotopic (exact) mass is 288 g/mol. The molecule has 1 amide bonds. The van der Waals surface area contributed by atoms with Crippen molar-refractivity contribution in [3.63, 3.8) is 0 Å². The van der Waals surface area contributed by atoms with Gasteiger partial charge in [0, 0.05) is 25.2 Å². The SMILES string of the molecule is CCCC1CCC(NCc2ccc(C(=O)NC)cc2)CC1. The molecule has 116 valence electrons. The highest BCUT2D eigenvalue weighted by atomic mass is 16.1. The predicted octanol–water partition coefficient (Wildman–Crippen LogP) is 3.49. The maximum absolute atomic E-state index is 11.5. The van der Waals surface area contributed by atoms with E-state index in [0.717, 1.165) is 18.0 Å². The average Bonchev–Trinajstić information content (AvgIpc) is 2.54. The summed E-state index contributed by atoms with van der Waals surface area (Å²) in [6.45, 7) is 3.18. The van der Waals surface area contributed by atoms with E-state index in [0.29, 0.717) is 6.04 Å². The molecule has 2 rings (SSSR count). The van der Waals surface area contributed by atoms with Gasteiger partial charge in [-0.05, 0) is 49.3 Å². The molecule has 1 aromatic rings. The van der Waals surface area contributed by atoms with Crippen molar-refractivity contribution in [2.75, 3.05) is 7.05 Å². The molecular formula is C18H28N2O. The Morgan fingerprint density at radius 3 is 2.38 bits per heavy atom. The zero-order chi connectivity index (χ0) is 15.1. The number of rotatable bonds is 6. The van der Waals surface area contributed by atoms with Gasteiger partial charge in [-0.1, -0.05) is 31.9 Å². The zero-order valence-corrected chi connectivity index (χ0v) is 13.3. The Labute approximate surface area is 128 Å². The van der Waals surface area contributed by atoms with Crippen LogP contribution in [0.2, 0.25) is 0 Å². The van der Waals surface area contributed by atoms with Gasteiger partial charge in [-0.3, -0.25) is 4.79 Å². The number of hydrogen-bond acceptors (Lipinski definition) is 2. The van der Waals surface area contributed by atoms with Crippen LogP contribution in [0, 0.1) is 5.92 Å². The molecule has 21 heavy (non-hydrogen) atoms. The quantitative estimate of drug-likeness (QED) is 0.841. The molecule has 1 fully saturated rings. The van der Waals surface area contributed by atoms with E-state index in [4.69, 9.17) is 0 Å². The topological polar surface area (TPSA) is 41.1 Å². The van der Waals surface area contributed by atoms with E-state index in [1.54, 1.807) is 7.05 Å². The van der Waals surface area contributed by atoms with Crippen LogP contribution in [-0.4, -0.2) is 19.0 Å². The van der Waals surface area contributed by atoms with Crippen LogP contribution < -0.4 is 10.6 Å². The van der Waals surface area contributed by atoms with Crippen LogP contribution in [0.15, 0.2) is 24.3 Å². The highest BCUT2D eigenvalue weighted by Crippen LogP contribution is 2.27. The Bertz CT molecular complexity index is 433. The highest BCUT2D eigenvalue weighted by molar-refractivity contribution is 5.93. The van der Waals surface area contributed by atoms with Gasteiger partial charge < -0.3 is 10.6 Å². The molecule has 0 saturated heterocycles. The van der Waals surface area contributed by atoms with Gasteiger partial charge >= 0.3 is 0 Å². The Balaban J connectivity index is 1.75. The van der Waals surface area contributed by atoms with Crippen molar-refractivity contribution in [1.82, 2.24) is 10.6 Å². The Morgan fingerprint density at radius 2 is 1.81 bits per heavy atom. The van der Waals surface area contributed by atoms with Crippen molar-refractivity contribution >= 4 is 5.91 Å². The minimum Gasteiger partial charge on any atom is -0.355 e. The lowest BCUT2D eigenvalue weighted by atomic mass is 9.83. The second-order valence-corrected chi connectivity index (χ2v) is 6.16. The van der Waals surface area contributed by atoms with Crippen molar-refractivity contribution in [2.24, 2.45) is 5.92 Å². The number of carbonyl (C=O) groups is 1. The van der Waals surface area contributed by atoms with Gasteiger partial charge in [0.2, 0.25) is 0 Å². The first kappa shape index (κ1) is 16.0. The first-order valence-electron chi connectivity index (χ1n) is 8.27. The largest absolute Gasteiger partial charge is 0.355 e.